The van der Waals surface area contributed by atoms with Gasteiger partial charge in [-0.15, -0.1) is 0 Å². The first-order chi connectivity index (χ1) is 9.44. The van der Waals surface area contributed by atoms with Gasteiger partial charge in [-0.05, 0) is 43.0 Å². The molecule has 1 amide bonds. The third-order valence-electron chi connectivity index (χ3n) is 2.97. The molecular formula is C13H18N2O4S. The van der Waals surface area contributed by atoms with Gasteiger partial charge in [-0.1, -0.05) is 0 Å². The topological polar surface area (TPSA) is 98.5 Å². The van der Waals surface area contributed by atoms with Crippen LogP contribution >= 0.6 is 0 Å². The number of sulfonamides is 1. The molecule has 0 heterocycles. The van der Waals surface area contributed by atoms with Crippen molar-refractivity contribution in [2.24, 2.45) is 11.1 Å². The molecule has 2 rings (SSSR count). The van der Waals surface area contributed by atoms with Gasteiger partial charge < -0.3 is 10.1 Å². The number of carbonyl (C=O) groups excluding carboxylic acids is 1. The fraction of sp³-hybridized carbons (Fsp3) is 0.462. The summed E-state index contributed by atoms with van der Waals surface area (Å²) in [6, 6.07) is 6.76. The molecule has 20 heavy (non-hydrogen) atoms. The van der Waals surface area contributed by atoms with E-state index in [2.05, 4.69) is 5.32 Å². The highest BCUT2D eigenvalue weighted by atomic mass is 32.2. The largest absolute Gasteiger partial charge is 0.493 e. The van der Waals surface area contributed by atoms with E-state index in [4.69, 9.17) is 9.88 Å². The Morgan fingerprint density at radius 2 is 1.95 bits per heavy atom. The second-order valence-electron chi connectivity index (χ2n) is 4.90. The van der Waals surface area contributed by atoms with Crippen LogP contribution in [0.25, 0.3) is 0 Å². The van der Waals surface area contributed by atoms with E-state index in [9.17, 15) is 13.2 Å². The Labute approximate surface area is 118 Å². The molecule has 0 radical (unpaired) electrons. The van der Waals surface area contributed by atoms with Gasteiger partial charge in [0.15, 0.2) is 0 Å². The number of rotatable bonds is 7. The number of hydrogen-bond donors (Lipinski definition) is 2. The van der Waals surface area contributed by atoms with Crippen molar-refractivity contribution in [3.8, 4) is 5.75 Å². The molecule has 0 saturated heterocycles. The molecular weight excluding hydrogens is 280 g/mol. The lowest BCUT2D eigenvalue weighted by Crippen LogP contribution is -2.31. The Kier molecular flexibility index (Phi) is 4.61. The quantitative estimate of drug-likeness (QED) is 0.765. The summed E-state index contributed by atoms with van der Waals surface area (Å²) in [4.78, 5) is 11.7. The number of carbonyl (C=O) groups is 1. The smallest absolute Gasteiger partial charge is 0.251 e. The van der Waals surface area contributed by atoms with Gasteiger partial charge in [0.1, 0.15) is 5.75 Å². The molecule has 0 aliphatic heterocycles. The minimum atomic E-state index is -3.55. The van der Waals surface area contributed by atoms with Crippen LogP contribution in [0.3, 0.4) is 0 Å². The second kappa shape index (κ2) is 6.23. The van der Waals surface area contributed by atoms with Crippen molar-refractivity contribution >= 4 is 15.9 Å². The Hall–Kier alpha value is -1.60. The van der Waals surface area contributed by atoms with Gasteiger partial charge >= 0.3 is 0 Å². The zero-order chi connectivity index (χ0) is 14.6. The number of nitrogens with one attached hydrogen (secondary N) is 1. The van der Waals surface area contributed by atoms with E-state index in [1.54, 1.807) is 24.3 Å². The third kappa shape index (κ3) is 5.18. The van der Waals surface area contributed by atoms with E-state index in [1.807, 2.05) is 0 Å². The van der Waals surface area contributed by atoms with E-state index in [-0.39, 0.29) is 18.2 Å². The first-order valence-electron chi connectivity index (χ1n) is 6.45. The summed E-state index contributed by atoms with van der Waals surface area (Å²) in [7, 11) is -3.55. The van der Waals surface area contributed by atoms with Crippen LogP contribution < -0.4 is 15.2 Å². The molecule has 7 heteroatoms. The molecule has 110 valence electrons. The van der Waals surface area contributed by atoms with Crippen molar-refractivity contribution in [1.82, 2.24) is 5.32 Å². The Morgan fingerprint density at radius 3 is 2.50 bits per heavy atom. The summed E-state index contributed by atoms with van der Waals surface area (Å²) < 4.78 is 27.0. The van der Waals surface area contributed by atoms with Crippen LogP contribution in [0.5, 0.6) is 5.75 Å². The lowest BCUT2D eigenvalue weighted by molar-refractivity contribution is 0.0956. The van der Waals surface area contributed by atoms with Crippen LogP contribution in [0.15, 0.2) is 24.3 Å². The SMILES string of the molecule is NS(=O)(=O)CCNC(=O)c1ccc(OCC2CC2)cc1. The predicted molar refractivity (Wildman–Crippen MR) is 75.0 cm³/mol. The van der Waals surface area contributed by atoms with Gasteiger partial charge in [0, 0.05) is 12.1 Å². The molecule has 0 atom stereocenters. The molecule has 1 fully saturated rings. The molecule has 0 spiro atoms. The van der Waals surface area contributed by atoms with Gasteiger partial charge in [0.25, 0.3) is 5.91 Å². The molecule has 6 nitrogen and oxygen atoms in total. The minimum Gasteiger partial charge on any atom is -0.493 e. The van der Waals surface area contributed by atoms with E-state index in [0.717, 1.165) is 12.4 Å². The summed E-state index contributed by atoms with van der Waals surface area (Å²) >= 11 is 0. The van der Waals surface area contributed by atoms with Gasteiger partial charge in [-0.2, -0.15) is 0 Å². The molecule has 1 aliphatic carbocycles. The van der Waals surface area contributed by atoms with E-state index in [1.165, 1.54) is 12.8 Å². The maximum atomic E-state index is 11.7. The average Bonchev–Trinajstić information content (AvgIpc) is 3.19. The van der Waals surface area contributed by atoms with E-state index >= 15 is 0 Å². The van der Waals surface area contributed by atoms with Crippen molar-refractivity contribution in [2.75, 3.05) is 18.9 Å². The molecule has 1 aromatic rings. The summed E-state index contributed by atoms with van der Waals surface area (Å²) in [5.41, 5.74) is 0.457. The molecule has 1 aliphatic rings. The van der Waals surface area contributed by atoms with Crippen LogP contribution in [0, 0.1) is 5.92 Å². The number of hydrogen-bond acceptors (Lipinski definition) is 4. The molecule has 0 aromatic heterocycles. The average molecular weight is 298 g/mol. The van der Waals surface area contributed by atoms with E-state index in [0.29, 0.717) is 11.5 Å². The number of ether oxygens (including phenoxy) is 1. The Morgan fingerprint density at radius 1 is 1.30 bits per heavy atom. The fourth-order valence-corrected chi connectivity index (χ4v) is 2.00. The summed E-state index contributed by atoms with van der Waals surface area (Å²) in [6.45, 7) is 0.720. The van der Waals surface area contributed by atoms with Crippen LogP contribution in [0.4, 0.5) is 0 Å². The van der Waals surface area contributed by atoms with Crippen molar-refractivity contribution in [1.29, 1.82) is 0 Å². The van der Waals surface area contributed by atoms with Crippen molar-refractivity contribution in [3.63, 3.8) is 0 Å². The summed E-state index contributed by atoms with van der Waals surface area (Å²) in [5, 5.41) is 7.34. The monoisotopic (exact) mass is 298 g/mol. The van der Waals surface area contributed by atoms with Crippen molar-refractivity contribution in [2.45, 2.75) is 12.8 Å². The number of primary sulfonamides is 1. The first-order valence-corrected chi connectivity index (χ1v) is 8.17. The van der Waals surface area contributed by atoms with Crippen molar-refractivity contribution < 1.29 is 17.9 Å². The summed E-state index contributed by atoms with van der Waals surface area (Å²) in [6.07, 6.45) is 2.45. The molecule has 0 unspecified atom stereocenters. The zero-order valence-electron chi connectivity index (χ0n) is 11.0. The van der Waals surface area contributed by atoms with Crippen LogP contribution in [-0.4, -0.2) is 33.2 Å². The van der Waals surface area contributed by atoms with E-state index < -0.39 is 10.0 Å². The Bertz CT molecular complexity index is 565. The van der Waals surface area contributed by atoms with Crippen LogP contribution in [-0.2, 0) is 10.0 Å². The second-order valence-corrected chi connectivity index (χ2v) is 6.64. The zero-order valence-corrected chi connectivity index (χ0v) is 11.9. The number of benzene rings is 1. The van der Waals surface area contributed by atoms with Crippen LogP contribution in [0.2, 0.25) is 0 Å². The summed E-state index contributed by atoms with van der Waals surface area (Å²) in [5.74, 6) is 0.804. The number of nitrogens with two attached hydrogens (primary N) is 1. The fourth-order valence-electron chi connectivity index (χ4n) is 1.61. The van der Waals surface area contributed by atoms with Gasteiger partial charge in [-0.3, -0.25) is 4.79 Å². The lowest BCUT2D eigenvalue weighted by atomic mass is 10.2. The highest BCUT2D eigenvalue weighted by Crippen LogP contribution is 2.29. The van der Waals surface area contributed by atoms with Crippen LogP contribution in [0.1, 0.15) is 23.2 Å². The minimum absolute atomic E-state index is 0.00238. The normalized spacial score (nSPS) is 14.8. The molecule has 3 N–H and O–H groups in total. The van der Waals surface area contributed by atoms with Gasteiger partial charge in [0.05, 0.1) is 12.4 Å². The maximum Gasteiger partial charge on any atom is 0.251 e. The predicted octanol–water partition coefficient (Wildman–Crippen LogP) is 0.494. The van der Waals surface area contributed by atoms with Crippen molar-refractivity contribution in [3.05, 3.63) is 29.8 Å². The number of amides is 1. The van der Waals surface area contributed by atoms with Gasteiger partial charge in [0.2, 0.25) is 10.0 Å². The Balaban J connectivity index is 1.80. The highest BCUT2D eigenvalue weighted by molar-refractivity contribution is 7.89. The lowest BCUT2D eigenvalue weighted by Gasteiger charge is -2.07. The third-order valence-corrected chi connectivity index (χ3v) is 3.74. The molecule has 1 saturated carbocycles. The molecule has 0 bridgehead atoms. The van der Waals surface area contributed by atoms with Gasteiger partial charge in [-0.25, -0.2) is 13.6 Å². The standard InChI is InChI=1S/C13H18N2O4S/c14-20(17,18)8-7-15-13(16)11-3-5-12(6-4-11)19-9-10-1-2-10/h3-6,10H,1-2,7-9H2,(H,15,16)(H2,14,17,18). The highest BCUT2D eigenvalue weighted by Gasteiger charge is 2.21. The first kappa shape index (κ1) is 14.8. The maximum absolute atomic E-state index is 11.7. The molecule has 1 aromatic carbocycles.